The van der Waals surface area contributed by atoms with Gasteiger partial charge in [0.25, 0.3) is 0 Å². The van der Waals surface area contributed by atoms with Crippen molar-refractivity contribution in [2.45, 2.75) is 32.2 Å². The molecule has 10 heteroatoms. The van der Waals surface area contributed by atoms with Gasteiger partial charge < -0.3 is 26.0 Å². The van der Waals surface area contributed by atoms with Gasteiger partial charge in [0.1, 0.15) is 11.3 Å². The molecule has 30 heavy (non-hydrogen) atoms. The molecule has 2 aliphatic rings. The van der Waals surface area contributed by atoms with Gasteiger partial charge in [-0.15, -0.1) is 12.4 Å². The highest BCUT2D eigenvalue weighted by molar-refractivity contribution is 5.99. The average Bonchev–Trinajstić information content (AvgIpc) is 3.45. The van der Waals surface area contributed by atoms with Crippen LogP contribution in [-0.4, -0.2) is 35.3 Å². The number of nitrogen functional groups attached to an aromatic ring is 1. The van der Waals surface area contributed by atoms with E-state index in [0.717, 1.165) is 25.5 Å². The third-order valence-electron chi connectivity index (χ3n) is 6.25. The number of hydrogen-bond acceptors (Lipinski definition) is 5. The molecule has 4 rings (SSSR count). The summed E-state index contributed by atoms with van der Waals surface area (Å²) in [5, 5.41) is 8.95. The van der Waals surface area contributed by atoms with E-state index in [-0.39, 0.29) is 41.5 Å². The summed E-state index contributed by atoms with van der Waals surface area (Å²) >= 11 is 0. The fourth-order valence-corrected chi connectivity index (χ4v) is 4.47. The van der Waals surface area contributed by atoms with Gasteiger partial charge in [-0.1, -0.05) is 13.3 Å². The van der Waals surface area contributed by atoms with E-state index in [1.54, 1.807) is 4.90 Å². The molecule has 1 aromatic heterocycles. The number of aromatic nitrogens is 1. The van der Waals surface area contributed by atoms with E-state index in [1.807, 2.05) is 6.92 Å². The Bertz CT molecular complexity index is 1060. The Balaban J connectivity index is 0.00000256. The van der Waals surface area contributed by atoms with Crippen molar-refractivity contribution in [3.05, 3.63) is 33.6 Å². The molecule has 7 nitrogen and oxygen atoms in total. The van der Waals surface area contributed by atoms with Gasteiger partial charge in [-0.3, -0.25) is 4.79 Å². The third-order valence-corrected chi connectivity index (χ3v) is 6.25. The minimum absolute atomic E-state index is 0. The SMILES string of the molecule is CC[C@@H]1CN(c2c(F)c(N)c3c(=O)c(C(=O)O)cn(C4CC4)c3c2F)C[C@H]1CN.Cl. The maximum Gasteiger partial charge on any atom is 0.341 e. The van der Waals surface area contributed by atoms with E-state index in [0.29, 0.717) is 19.6 Å². The molecule has 0 bridgehead atoms. The normalized spacial score (nSPS) is 21.1. The molecule has 164 valence electrons. The first-order valence-corrected chi connectivity index (χ1v) is 9.83. The summed E-state index contributed by atoms with van der Waals surface area (Å²) < 4.78 is 32.4. The number of carbonyl (C=O) groups is 1. The maximum atomic E-state index is 15.7. The van der Waals surface area contributed by atoms with E-state index in [9.17, 15) is 14.7 Å². The van der Waals surface area contributed by atoms with Gasteiger partial charge >= 0.3 is 5.97 Å². The first kappa shape index (κ1) is 22.3. The molecule has 2 aromatic rings. The van der Waals surface area contributed by atoms with E-state index >= 15 is 8.78 Å². The summed E-state index contributed by atoms with van der Waals surface area (Å²) in [6, 6.07) is -0.137. The summed E-state index contributed by atoms with van der Waals surface area (Å²) in [5.41, 5.74) is 9.37. The van der Waals surface area contributed by atoms with Crippen LogP contribution < -0.4 is 21.8 Å². The monoisotopic (exact) mass is 442 g/mol. The molecule has 5 N–H and O–H groups in total. The average molecular weight is 443 g/mol. The predicted octanol–water partition coefficient (Wildman–Crippen LogP) is 2.74. The fraction of sp³-hybridized carbons (Fsp3) is 0.500. The lowest BCUT2D eigenvalue weighted by molar-refractivity contribution is 0.0695. The van der Waals surface area contributed by atoms with Crippen LogP contribution in [0.25, 0.3) is 10.9 Å². The van der Waals surface area contributed by atoms with Gasteiger partial charge in [0.2, 0.25) is 5.43 Å². The zero-order valence-corrected chi connectivity index (χ0v) is 17.3. The minimum atomic E-state index is -1.45. The van der Waals surface area contributed by atoms with E-state index in [2.05, 4.69) is 0 Å². The van der Waals surface area contributed by atoms with Crippen molar-refractivity contribution in [1.82, 2.24) is 4.57 Å². The van der Waals surface area contributed by atoms with Gasteiger partial charge in [0.15, 0.2) is 11.6 Å². The number of benzene rings is 1. The van der Waals surface area contributed by atoms with Crippen LogP contribution in [0.15, 0.2) is 11.0 Å². The largest absolute Gasteiger partial charge is 0.477 e. The van der Waals surface area contributed by atoms with Crippen LogP contribution in [0, 0.1) is 23.5 Å². The highest BCUT2D eigenvalue weighted by atomic mass is 35.5. The highest BCUT2D eigenvalue weighted by Crippen LogP contribution is 2.43. The second-order valence-electron chi connectivity index (χ2n) is 8.00. The predicted molar refractivity (Wildman–Crippen MR) is 114 cm³/mol. The molecule has 1 aromatic carbocycles. The van der Waals surface area contributed by atoms with E-state index < -0.39 is 39.7 Å². The second-order valence-corrected chi connectivity index (χ2v) is 8.00. The second kappa shape index (κ2) is 8.03. The molecule has 2 heterocycles. The Kier molecular flexibility index (Phi) is 5.97. The summed E-state index contributed by atoms with van der Waals surface area (Å²) in [7, 11) is 0. The molecule has 2 atom stereocenters. The lowest BCUT2D eigenvalue weighted by Crippen LogP contribution is -2.27. The number of pyridine rings is 1. The molecule has 1 saturated carbocycles. The lowest BCUT2D eigenvalue weighted by Gasteiger charge is -2.24. The number of aromatic carboxylic acids is 1. The number of carboxylic acid groups (broad SMARTS) is 1. The number of anilines is 2. The highest BCUT2D eigenvalue weighted by Gasteiger charge is 2.37. The number of rotatable bonds is 5. The summed E-state index contributed by atoms with van der Waals surface area (Å²) in [6.07, 6.45) is 3.43. The third kappa shape index (κ3) is 3.30. The standard InChI is InChI=1S/C20H24F2N4O3.ClH/c1-2-9-6-25(7-10(9)5-23)18-14(21)16(24)13-17(15(18)22)26(11-3-4-11)8-12(19(13)27)20(28)29;/h8-11H,2-7,23-24H2,1H3,(H,28,29);1H/t9-,10-;/m1./s1. The number of nitrogens with zero attached hydrogens (tertiary/aromatic N) is 2. The topological polar surface area (TPSA) is 115 Å². The van der Waals surface area contributed by atoms with Crippen molar-refractivity contribution in [3.63, 3.8) is 0 Å². The molecule has 0 unspecified atom stereocenters. The summed E-state index contributed by atoms with van der Waals surface area (Å²) in [4.78, 5) is 25.8. The zero-order chi connectivity index (χ0) is 21.0. The van der Waals surface area contributed by atoms with Gasteiger partial charge in [-0.25, -0.2) is 13.6 Å². The van der Waals surface area contributed by atoms with Crippen LogP contribution >= 0.6 is 12.4 Å². The smallest absolute Gasteiger partial charge is 0.341 e. The van der Waals surface area contributed by atoms with Gasteiger partial charge in [0, 0.05) is 25.3 Å². The zero-order valence-electron chi connectivity index (χ0n) is 16.5. The van der Waals surface area contributed by atoms with Crippen LogP contribution in [0.1, 0.15) is 42.6 Å². The lowest BCUT2D eigenvalue weighted by atomic mass is 9.94. The number of halogens is 3. The van der Waals surface area contributed by atoms with Crippen molar-refractivity contribution >= 4 is 40.7 Å². The molecular formula is C20H25ClF2N4O3. The Labute approximate surface area is 178 Å². The summed E-state index contributed by atoms with van der Waals surface area (Å²) in [5.74, 6) is -3.04. The quantitative estimate of drug-likeness (QED) is 0.613. The number of fused-ring (bicyclic) bond motifs is 1. The summed E-state index contributed by atoms with van der Waals surface area (Å²) in [6.45, 7) is 3.26. The Morgan fingerprint density at radius 1 is 1.23 bits per heavy atom. The van der Waals surface area contributed by atoms with Crippen LogP contribution in [0.2, 0.25) is 0 Å². The van der Waals surface area contributed by atoms with Crippen LogP contribution in [0.4, 0.5) is 20.2 Å². The van der Waals surface area contributed by atoms with Crippen molar-refractivity contribution in [1.29, 1.82) is 0 Å². The Morgan fingerprint density at radius 3 is 2.37 bits per heavy atom. The van der Waals surface area contributed by atoms with E-state index in [4.69, 9.17) is 11.5 Å². The molecule has 0 radical (unpaired) electrons. The fourth-order valence-electron chi connectivity index (χ4n) is 4.47. The van der Waals surface area contributed by atoms with Crippen molar-refractivity contribution in [2.24, 2.45) is 17.6 Å². The number of hydrogen-bond donors (Lipinski definition) is 3. The van der Waals surface area contributed by atoms with Crippen LogP contribution in [-0.2, 0) is 0 Å². The maximum absolute atomic E-state index is 15.7. The molecule has 1 aliphatic carbocycles. The van der Waals surface area contributed by atoms with Crippen molar-refractivity contribution < 1.29 is 18.7 Å². The first-order valence-electron chi connectivity index (χ1n) is 9.83. The Hall–Kier alpha value is -2.39. The van der Waals surface area contributed by atoms with Crippen molar-refractivity contribution in [2.75, 3.05) is 30.3 Å². The first-order chi connectivity index (χ1) is 13.8. The van der Waals surface area contributed by atoms with Crippen LogP contribution in [0.3, 0.4) is 0 Å². The number of carboxylic acids is 1. The molecule has 0 amide bonds. The molecule has 1 aliphatic heterocycles. The molecular weight excluding hydrogens is 418 g/mol. The van der Waals surface area contributed by atoms with Crippen LogP contribution in [0.5, 0.6) is 0 Å². The molecule has 0 spiro atoms. The minimum Gasteiger partial charge on any atom is -0.477 e. The van der Waals surface area contributed by atoms with Gasteiger partial charge in [-0.05, 0) is 31.2 Å². The Morgan fingerprint density at radius 2 is 1.87 bits per heavy atom. The van der Waals surface area contributed by atoms with Crippen molar-refractivity contribution in [3.8, 4) is 0 Å². The van der Waals surface area contributed by atoms with E-state index in [1.165, 1.54) is 4.57 Å². The van der Waals surface area contributed by atoms with Gasteiger partial charge in [0.05, 0.1) is 16.6 Å². The molecule has 2 fully saturated rings. The van der Waals surface area contributed by atoms with Gasteiger partial charge in [-0.2, -0.15) is 0 Å². The molecule has 1 saturated heterocycles. The number of nitrogens with two attached hydrogens (primary N) is 2.